The number of anilines is 1. The van der Waals surface area contributed by atoms with Crippen LogP contribution >= 0.6 is 0 Å². The fraction of sp³-hybridized carbons (Fsp3) is 0.364. The van der Waals surface area contributed by atoms with Gasteiger partial charge in [-0.25, -0.2) is 14.6 Å². The summed E-state index contributed by atoms with van der Waals surface area (Å²) in [4.78, 5) is 35.5. The molecule has 31 heavy (non-hydrogen) atoms. The number of nitrogens with zero attached hydrogens (tertiary/aromatic N) is 4. The lowest BCUT2D eigenvalue weighted by Gasteiger charge is -2.22. The third kappa shape index (κ3) is 4.66. The van der Waals surface area contributed by atoms with E-state index in [0.717, 1.165) is 31.4 Å². The highest BCUT2D eigenvalue weighted by Crippen LogP contribution is 2.25. The number of carbonyl (C=O) groups excluding carboxylic acids is 1. The van der Waals surface area contributed by atoms with Gasteiger partial charge in [0.1, 0.15) is 5.82 Å². The van der Waals surface area contributed by atoms with E-state index in [1.54, 1.807) is 35.3 Å². The quantitative estimate of drug-likeness (QED) is 0.629. The fourth-order valence-corrected chi connectivity index (χ4v) is 3.61. The van der Waals surface area contributed by atoms with Gasteiger partial charge in [-0.3, -0.25) is 14.7 Å². The smallest absolute Gasteiger partial charge is 0.272 e. The second-order valence-electron chi connectivity index (χ2n) is 7.73. The molecule has 1 amide bonds. The molecule has 4 rings (SSSR count). The van der Waals surface area contributed by atoms with Crippen LogP contribution in [0.4, 0.5) is 5.82 Å². The number of aromatic amines is 1. The highest BCUT2D eigenvalue weighted by molar-refractivity contribution is 5.93. The van der Waals surface area contributed by atoms with Crippen molar-refractivity contribution < 1.29 is 9.53 Å². The van der Waals surface area contributed by atoms with Crippen molar-refractivity contribution in [3.8, 4) is 16.9 Å². The third-order valence-electron chi connectivity index (χ3n) is 5.25. The Kier molecular flexibility index (Phi) is 6.13. The minimum atomic E-state index is -0.243. The topological polar surface area (TPSA) is 105 Å². The van der Waals surface area contributed by atoms with Crippen molar-refractivity contribution >= 4 is 11.7 Å². The van der Waals surface area contributed by atoms with Crippen molar-refractivity contribution in [3.63, 3.8) is 0 Å². The Hall–Kier alpha value is -3.46. The summed E-state index contributed by atoms with van der Waals surface area (Å²) in [5.41, 5.74) is 1.44. The first-order valence-electron chi connectivity index (χ1n) is 10.3. The molecule has 1 unspecified atom stereocenters. The molecule has 1 aliphatic rings. The van der Waals surface area contributed by atoms with Crippen LogP contribution in [-0.2, 0) is 4.74 Å². The zero-order chi connectivity index (χ0) is 21.8. The number of hydrogen-bond acceptors (Lipinski definition) is 6. The minimum absolute atomic E-state index is 0.0767. The van der Waals surface area contributed by atoms with Crippen molar-refractivity contribution in [2.24, 2.45) is 0 Å². The molecule has 4 heterocycles. The molecule has 0 bridgehead atoms. The maximum absolute atomic E-state index is 12.6. The first-order chi connectivity index (χ1) is 15.0. The second kappa shape index (κ2) is 9.13. The van der Waals surface area contributed by atoms with Crippen molar-refractivity contribution in [1.29, 1.82) is 0 Å². The van der Waals surface area contributed by atoms with E-state index in [2.05, 4.69) is 20.4 Å². The molecule has 162 valence electrons. The van der Waals surface area contributed by atoms with Crippen LogP contribution in [0, 0.1) is 0 Å². The zero-order valence-corrected chi connectivity index (χ0v) is 17.7. The lowest BCUT2D eigenvalue weighted by Crippen LogP contribution is -2.35. The first kappa shape index (κ1) is 20.8. The van der Waals surface area contributed by atoms with E-state index in [1.165, 1.54) is 6.20 Å². The molecule has 9 heteroatoms. The number of hydrogen-bond donors (Lipinski definition) is 2. The number of aromatic nitrogens is 4. The summed E-state index contributed by atoms with van der Waals surface area (Å²) in [6, 6.07) is 7.03. The van der Waals surface area contributed by atoms with Gasteiger partial charge in [-0.1, -0.05) is 0 Å². The van der Waals surface area contributed by atoms with Gasteiger partial charge in [-0.05, 0) is 43.5 Å². The van der Waals surface area contributed by atoms with Crippen LogP contribution in [0.3, 0.4) is 0 Å². The lowest BCUT2D eigenvalue weighted by atomic mass is 10.1. The molecule has 1 aliphatic heterocycles. The zero-order valence-electron chi connectivity index (χ0n) is 17.7. The van der Waals surface area contributed by atoms with Crippen LogP contribution in [0.5, 0.6) is 0 Å². The molecule has 1 fully saturated rings. The molecule has 0 saturated carbocycles. The summed E-state index contributed by atoms with van der Waals surface area (Å²) in [7, 11) is 3.76. The number of ether oxygens (including phenoxy) is 1. The van der Waals surface area contributed by atoms with Crippen LogP contribution in [-0.4, -0.2) is 59.0 Å². The molecule has 3 aromatic rings. The third-order valence-corrected chi connectivity index (χ3v) is 5.25. The van der Waals surface area contributed by atoms with E-state index in [-0.39, 0.29) is 17.6 Å². The number of pyridine rings is 2. The van der Waals surface area contributed by atoms with Gasteiger partial charge >= 0.3 is 0 Å². The lowest BCUT2D eigenvalue weighted by molar-refractivity contribution is 0.0169. The average molecular weight is 422 g/mol. The molecule has 0 aliphatic carbocycles. The highest BCUT2D eigenvalue weighted by atomic mass is 16.5. The second-order valence-corrected chi connectivity index (χ2v) is 7.73. The predicted octanol–water partition coefficient (Wildman–Crippen LogP) is 1.99. The molecule has 2 N–H and O–H groups in total. The maximum atomic E-state index is 12.6. The Morgan fingerprint density at radius 2 is 2.13 bits per heavy atom. The summed E-state index contributed by atoms with van der Waals surface area (Å²) in [5, 5.41) is 5.68. The van der Waals surface area contributed by atoms with Crippen LogP contribution in [0.2, 0.25) is 0 Å². The van der Waals surface area contributed by atoms with Gasteiger partial charge in [0.05, 0.1) is 17.2 Å². The summed E-state index contributed by atoms with van der Waals surface area (Å²) >= 11 is 0. The van der Waals surface area contributed by atoms with Crippen molar-refractivity contribution in [1.82, 2.24) is 25.1 Å². The summed E-state index contributed by atoms with van der Waals surface area (Å²) < 4.78 is 7.18. The van der Waals surface area contributed by atoms with E-state index < -0.39 is 0 Å². The molecular weight excluding hydrogens is 396 g/mol. The van der Waals surface area contributed by atoms with Crippen molar-refractivity contribution in [3.05, 3.63) is 58.8 Å². The fourth-order valence-electron chi connectivity index (χ4n) is 3.61. The molecule has 0 radical (unpaired) electrons. The van der Waals surface area contributed by atoms with E-state index >= 15 is 0 Å². The molecule has 1 saturated heterocycles. The van der Waals surface area contributed by atoms with Gasteiger partial charge in [-0.2, -0.15) is 0 Å². The number of rotatable bonds is 6. The molecule has 1 atom stereocenters. The summed E-state index contributed by atoms with van der Waals surface area (Å²) in [6.07, 6.45) is 8.13. The van der Waals surface area contributed by atoms with E-state index in [1.807, 2.05) is 25.1 Å². The SMILES string of the molecule is CN(C)c1ncccc1-c1cn(-c2ccc(C(=O)NCC3CCCCO3)cn2)[nH]c1=O. The minimum Gasteiger partial charge on any atom is -0.376 e. The number of carbonyl (C=O) groups is 1. The van der Waals surface area contributed by atoms with Crippen LogP contribution < -0.4 is 15.8 Å². The van der Waals surface area contributed by atoms with Gasteiger partial charge in [-0.15, -0.1) is 0 Å². The van der Waals surface area contributed by atoms with Crippen molar-refractivity contribution in [2.75, 3.05) is 32.1 Å². The van der Waals surface area contributed by atoms with Gasteiger partial charge in [0.25, 0.3) is 11.5 Å². The Bertz CT molecular complexity index is 1100. The molecule has 0 spiro atoms. The summed E-state index contributed by atoms with van der Waals surface area (Å²) in [5.74, 6) is 1.01. The maximum Gasteiger partial charge on any atom is 0.272 e. The van der Waals surface area contributed by atoms with E-state index in [0.29, 0.717) is 29.3 Å². The molecule has 9 nitrogen and oxygen atoms in total. The van der Waals surface area contributed by atoms with Crippen molar-refractivity contribution in [2.45, 2.75) is 25.4 Å². The first-order valence-corrected chi connectivity index (χ1v) is 10.3. The number of H-pyrrole nitrogens is 1. The summed E-state index contributed by atoms with van der Waals surface area (Å²) in [6.45, 7) is 1.25. The Labute approximate surface area is 180 Å². The number of amides is 1. The Balaban J connectivity index is 1.49. The van der Waals surface area contributed by atoms with Gasteiger partial charge in [0, 0.05) is 51.4 Å². The van der Waals surface area contributed by atoms with Gasteiger partial charge < -0.3 is 15.0 Å². The molecule has 3 aromatic heterocycles. The van der Waals surface area contributed by atoms with E-state index in [4.69, 9.17) is 4.74 Å². The standard InChI is InChI=1S/C22H26N6O3/c1-27(2)20-17(7-5-10-23-20)18-14-28(26-22(18)30)19-9-8-15(12-24-19)21(29)25-13-16-6-3-4-11-31-16/h5,7-10,12,14,16H,3-4,6,11,13H2,1-2H3,(H,25,29)(H,26,30). The normalized spacial score (nSPS) is 16.1. The Morgan fingerprint density at radius 3 is 2.84 bits per heavy atom. The van der Waals surface area contributed by atoms with Gasteiger partial charge in [0.15, 0.2) is 5.82 Å². The molecular formula is C22H26N6O3. The predicted molar refractivity (Wildman–Crippen MR) is 118 cm³/mol. The van der Waals surface area contributed by atoms with Crippen LogP contribution in [0.25, 0.3) is 16.9 Å². The van der Waals surface area contributed by atoms with Crippen LogP contribution in [0.1, 0.15) is 29.6 Å². The van der Waals surface area contributed by atoms with Gasteiger partial charge in [0.2, 0.25) is 0 Å². The monoisotopic (exact) mass is 422 g/mol. The molecule has 0 aromatic carbocycles. The largest absolute Gasteiger partial charge is 0.376 e. The average Bonchev–Trinajstić information content (AvgIpc) is 3.19. The number of nitrogens with one attached hydrogen (secondary N) is 2. The Morgan fingerprint density at radius 1 is 1.26 bits per heavy atom. The van der Waals surface area contributed by atoms with E-state index in [9.17, 15) is 9.59 Å². The van der Waals surface area contributed by atoms with Crippen LogP contribution in [0.15, 0.2) is 47.7 Å². The highest BCUT2D eigenvalue weighted by Gasteiger charge is 2.17.